The predicted molar refractivity (Wildman–Crippen MR) is 220 cm³/mol. The van der Waals surface area contributed by atoms with Gasteiger partial charge in [-0.05, 0) is 64.2 Å². The zero-order valence-electron chi connectivity index (χ0n) is 37.2. The molecular formula is C42H76NO16P. The van der Waals surface area contributed by atoms with Gasteiger partial charge >= 0.3 is 35.8 Å². The zero-order valence-corrected chi connectivity index (χ0v) is 38.1. The Morgan fingerprint density at radius 3 is 1.22 bits per heavy atom. The molecule has 0 fully saturated rings. The van der Waals surface area contributed by atoms with Gasteiger partial charge in [0.05, 0.1) is 54.2 Å². The minimum Gasteiger partial charge on any atom is -0.756 e. The van der Waals surface area contributed by atoms with Gasteiger partial charge in [-0.25, -0.2) is 0 Å². The first-order valence-corrected chi connectivity index (χ1v) is 23.4. The Morgan fingerprint density at radius 2 is 0.817 bits per heavy atom. The summed E-state index contributed by atoms with van der Waals surface area (Å²) < 4.78 is 54.1. The molecule has 17 nitrogen and oxygen atoms in total. The molecule has 60 heavy (non-hydrogen) atoms. The molecule has 0 aromatic heterocycles. The van der Waals surface area contributed by atoms with Crippen molar-refractivity contribution in [3.63, 3.8) is 0 Å². The Balaban J connectivity index is 4.51. The molecule has 0 aromatic rings. The van der Waals surface area contributed by atoms with Crippen LogP contribution in [-0.4, -0.2) is 120 Å². The Bertz CT molecular complexity index is 1240. The SMILES string of the molecule is CCCCCCOC(=O)CCCC(=O)OCCCCCC(=O)OC[C@H](COP(=O)([O-])OCC[N+](C)(C)C)OC(=O)CCCCCOC(=O)CCCC(=O)OCCCCCC. The number of carbonyl (C=O) groups excluding carboxylic acids is 6. The number of quaternary nitrogens is 1. The number of rotatable bonds is 40. The van der Waals surface area contributed by atoms with E-state index in [-0.39, 0.29) is 70.3 Å². The number of nitrogens with zero attached hydrogens (tertiary/aromatic N) is 1. The minimum absolute atomic E-state index is 0.0235. The van der Waals surface area contributed by atoms with Crippen LogP contribution in [0, 0.1) is 0 Å². The van der Waals surface area contributed by atoms with Crippen molar-refractivity contribution in [2.24, 2.45) is 0 Å². The first-order valence-electron chi connectivity index (χ1n) is 21.9. The van der Waals surface area contributed by atoms with Gasteiger partial charge in [-0.3, -0.25) is 33.3 Å². The van der Waals surface area contributed by atoms with Gasteiger partial charge in [0.15, 0.2) is 6.10 Å². The summed E-state index contributed by atoms with van der Waals surface area (Å²) >= 11 is 0. The molecule has 0 heterocycles. The summed E-state index contributed by atoms with van der Waals surface area (Å²) in [6, 6.07) is 0. The highest BCUT2D eigenvalue weighted by Gasteiger charge is 2.22. The lowest BCUT2D eigenvalue weighted by atomic mass is 10.2. The molecular weight excluding hydrogens is 805 g/mol. The quantitative estimate of drug-likeness (QED) is 0.0213. The topological polar surface area (TPSA) is 216 Å². The molecule has 0 aliphatic carbocycles. The van der Waals surface area contributed by atoms with E-state index in [0.29, 0.717) is 75.6 Å². The van der Waals surface area contributed by atoms with E-state index in [1.807, 2.05) is 21.1 Å². The third-order valence-electron chi connectivity index (χ3n) is 8.78. The average molecular weight is 882 g/mol. The lowest BCUT2D eigenvalue weighted by molar-refractivity contribution is -0.870. The molecule has 0 spiro atoms. The van der Waals surface area contributed by atoms with Crippen molar-refractivity contribution < 1.29 is 80.2 Å². The molecule has 2 atom stereocenters. The molecule has 0 aromatic carbocycles. The fourth-order valence-corrected chi connectivity index (χ4v) is 5.93. The van der Waals surface area contributed by atoms with E-state index in [1.165, 1.54) is 0 Å². The van der Waals surface area contributed by atoms with Crippen molar-refractivity contribution in [2.45, 2.75) is 161 Å². The molecule has 0 saturated heterocycles. The maximum atomic E-state index is 12.6. The highest BCUT2D eigenvalue weighted by Crippen LogP contribution is 2.38. The van der Waals surface area contributed by atoms with Crippen LogP contribution in [0.1, 0.15) is 155 Å². The van der Waals surface area contributed by atoms with Crippen LogP contribution in [0.5, 0.6) is 0 Å². The molecule has 1 unspecified atom stereocenters. The predicted octanol–water partition coefficient (Wildman–Crippen LogP) is 6.44. The van der Waals surface area contributed by atoms with Crippen molar-refractivity contribution in [1.29, 1.82) is 0 Å². The van der Waals surface area contributed by atoms with E-state index < -0.39 is 51.0 Å². The fourth-order valence-electron chi connectivity index (χ4n) is 5.20. The highest BCUT2D eigenvalue weighted by atomic mass is 31.2. The highest BCUT2D eigenvalue weighted by molar-refractivity contribution is 7.45. The second kappa shape index (κ2) is 36.5. The molecule has 0 aliphatic rings. The van der Waals surface area contributed by atoms with E-state index in [2.05, 4.69) is 13.8 Å². The first-order chi connectivity index (χ1) is 28.6. The van der Waals surface area contributed by atoms with Crippen LogP contribution in [0.15, 0.2) is 0 Å². The van der Waals surface area contributed by atoms with E-state index >= 15 is 0 Å². The Hall–Kier alpha value is -3.11. The van der Waals surface area contributed by atoms with Crippen molar-refractivity contribution in [2.75, 3.05) is 73.9 Å². The van der Waals surface area contributed by atoms with Gasteiger partial charge in [0, 0.05) is 38.5 Å². The molecule has 18 heteroatoms. The van der Waals surface area contributed by atoms with E-state index in [9.17, 15) is 38.2 Å². The number of likely N-dealkylation sites (N-methyl/N-ethyl adjacent to an activating group) is 1. The number of ether oxygens (including phenoxy) is 6. The van der Waals surface area contributed by atoms with Gasteiger partial charge in [0.1, 0.15) is 19.8 Å². The lowest BCUT2D eigenvalue weighted by Crippen LogP contribution is -2.37. The van der Waals surface area contributed by atoms with Crippen molar-refractivity contribution >= 4 is 43.6 Å². The second-order valence-corrected chi connectivity index (χ2v) is 17.1. The lowest BCUT2D eigenvalue weighted by Gasteiger charge is -2.28. The molecule has 0 bridgehead atoms. The summed E-state index contributed by atoms with van der Waals surface area (Å²) in [5.74, 6) is -2.74. The summed E-state index contributed by atoms with van der Waals surface area (Å²) in [6.45, 7) is 4.51. The maximum Gasteiger partial charge on any atom is 0.306 e. The largest absolute Gasteiger partial charge is 0.756 e. The smallest absolute Gasteiger partial charge is 0.306 e. The van der Waals surface area contributed by atoms with Crippen molar-refractivity contribution in [3.05, 3.63) is 0 Å². The number of unbranched alkanes of at least 4 members (excludes halogenated alkanes) is 10. The summed E-state index contributed by atoms with van der Waals surface area (Å²) in [7, 11) is 0.849. The van der Waals surface area contributed by atoms with Crippen LogP contribution in [0.2, 0.25) is 0 Å². The minimum atomic E-state index is -4.75. The monoisotopic (exact) mass is 881 g/mol. The van der Waals surface area contributed by atoms with Crippen molar-refractivity contribution in [3.8, 4) is 0 Å². The third kappa shape index (κ3) is 39.1. The van der Waals surface area contributed by atoms with Crippen molar-refractivity contribution in [1.82, 2.24) is 0 Å². The summed E-state index contributed by atoms with van der Waals surface area (Å²) in [5.41, 5.74) is 0. The van der Waals surface area contributed by atoms with Crippen LogP contribution >= 0.6 is 7.82 Å². The summed E-state index contributed by atoms with van der Waals surface area (Å²) in [4.78, 5) is 84.9. The normalized spacial score (nSPS) is 12.8. The number of phosphoric acid groups is 1. The number of phosphoric ester groups is 1. The molecule has 0 rings (SSSR count). The molecule has 0 aliphatic heterocycles. The summed E-state index contributed by atoms with van der Waals surface area (Å²) in [5, 5.41) is 0. The first kappa shape index (κ1) is 56.9. The standard InChI is InChI=1S/C42H76NO16P/c1-6-8-10-16-29-52-37(44)24-20-26-39(46)54-31-18-12-14-22-41(48)56-34-36(35-58-60(50,51)57-33-28-43(3,4)5)59-42(49)23-15-13-19-32-55-40(47)27-21-25-38(45)53-30-17-11-9-7-2/h36H,6-35H2,1-5H3/t36-/m1/s1. The third-order valence-corrected chi connectivity index (χ3v) is 9.74. The molecule has 0 N–H and O–H groups in total. The van der Waals surface area contributed by atoms with E-state index in [0.717, 1.165) is 51.4 Å². The second-order valence-electron chi connectivity index (χ2n) is 15.7. The number of carbonyl (C=O) groups is 6. The van der Waals surface area contributed by atoms with Crippen LogP contribution in [0.25, 0.3) is 0 Å². The molecule has 0 amide bonds. The van der Waals surface area contributed by atoms with E-state index in [1.54, 1.807) is 0 Å². The molecule has 0 radical (unpaired) electrons. The van der Waals surface area contributed by atoms with Gasteiger partial charge < -0.3 is 46.8 Å². The number of hydrogen-bond donors (Lipinski definition) is 0. The van der Waals surface area contributed by atoms with Crippen LogP contribution < -0.4 is 4.89 Å². The Kier molecular flexibility index (Phi) is 34.6. The fraction of sp³-hybridized carbons (Fsp3) is 0.857. The Morgan fingerprint density at radius 1 is 0.450 bits per heavy atom. The van der Waals surface area contributed by atoms with Crippen LogP contribution in [0.3, 0.4) is 0 Å². The number of esters is 6. The van der Waals surface area contributed by atoms with Crippen LogP contribution in [-0.2, 0) is 70.8 Å². The zero-order chi connectivity index (χ0) is 44.9. The van der Waals surface area contributed by atoms with Gasteiger partial charge in [0.2, 0.25) is 0 Å². The van der Waals surface area contributed by atoms with Gasteiger partial charge in [-0.2, -0.15) is 0 Å². The van der Waals surface area contributed by atoms with E-state index in [4.69, 9.17) is 37.5 Å². The number of hydrogen-bond acceptors (Lipinski definition) is 16. The maximum absolute atomic E-state index is 12.6. The molecule has 0 saturated carbocycles. The summed E-state index contributed by atoms with van der Waals surface area (Å²) in [6.07, 6.45) is 11.0. The van der Waals surface area contributed by atoms with Gasteiger partial charge in [-0.15, -0.1) is 0 Å². The molecule has 350 valence electrons. The van der Waals surface area contributed by atoms with Gasteiger partial charge in [0.25, 0.3) is 7.82 Å². The Labute approximate surface area is 358 Å². The van der Waals surface area contributed by atoms with Gasteiger partial charge in [-0.1, -0.05) is 52.4 Å². The average Bonchev–Trinajstić information content (AvgIpc) is 3.17. The van der Waals surface area contributed by atoms with Crippen LogP contribution in [0.4, 0.5) is 0 Å².